The molecule has 0 saturated carbocycles. The van der Waals surface area contributed by atoms with Crippen molar-refractivity contribution in [3.05, 3.63) is 23.8 Å². The highest BCUT2D eigenvalue weighted by molar-refractivity contribution is 5.91. The molecule has 0 aromatic heterocycles. The molecule has 0 spiro atoms. The zero-order chi connectivity index (χ0) is 14.4. The van der Waals surface area contributed by atoms with Gasteiger partial charge >= 0.3 is 5.97 Å². The maximum Gasteiger partial charge on any atom is 0.338 e. The third-order valence-corrected chi connectivity index (χ3v) is 3.22. The molecule has 20 heavy (non-hydrogen) atoms. The zero-order valence-corrected chi connectivity index (χ0v) is 11.8. The van der Waals surface area contributed by atoms with E-state index in [1.165, 1.54) is 0 Å². The third-order valence-electron chi connectivity index (χ3n) is 3.22. The topological polar surface area (TPSA) is 70.8 Å². The van der Waals surface area contributed by atoms with Gasteiger partial charge in [0.2, 0.25) is 0 Å². The number of ether oxygens (including phenoxy) is 3. The second-order valence-corrected chi connectivity index (χ2v) is 4.77. The Morgan fingerprint density at radius 1 is 1.45 bits per heavy atom. The summed E-state index contributed by atoms with van der Waals surface area (Å²) in [5, 5.41) is 0. The molecular formula is C15H21NO4. The highest BCUT2D eigenvalue weighted by Gasteiger charge is 2.17. The minimum atomic E-state index is -0.381. The van der Waals surface area contributed by atoms with Gasteiger partial charge in [0.1, 0.15) is 12.4 Å². The van der Waals surface area contributed by atoms with Gasteiger partial charge in [-0.3, -0.25) is 0 Å². The first-order chi connectivity index (χ1) is 9.70. The number of hydrogen-bond donors (Lipinski definition) is 1. The zero-order valence-electron chi connectivity index (χ0n) is 11.8. The molecule has 0 bridgehead atoms. The summed E-state index contributed by atoms with van der Waals surface area (Å²) >= 11 is 0. The number of carbonyl (C=O) groups is 1. The van der Waals surface area contributed by atoms with Crippen LogP contribution in [0.1, 0.15) is 36.5 Å². The molecule has 0 aliphatic carbocycles. The SMILES string of the molecule is CCOc1ccc(C(=O)OCC2CCCCO2)cc1N. The Morgan fingerprint density at radius 3 is 2.95 bits per heavy atom. The highest BCUT2D eigenvalue weighted by Crippen LogP contribution is 2.23. The summed E-state index contributed by atoms with van der Waals surface area (Å²) in [6.07, 6.45) is 3.17. The Balaban J connectivity index is 1.89. The average molecular weight is 279 g/mol. The van der Waals surface area contributed by atoms with Gasteiger partial charge in [0.15, 0.2) is 0 Å². The highest BCUT2D eigenvalue weighted by atomic mass is 16.6. The number of hydrogen-bond acceptors (Lipinski definition) is 5. The Kier molecular flexibility index (Phi) is 5.24. The van der Waals surface area contributed by atoms with Crippen molar-refractivity contribution in [2.45, 2.75) is 32.3 Å². The number of rotatable bonds is 5. The molecule has 1 heterocycles. The van der Waals surface area contributed by atoms with E-state index in [0.717, 1.165) is 25.9 Å². The van der Waals surface area contributed by atoms with E-state index < -0.39 is 0 Å². The van der Waals surface area contributed by atoms with Crippen LogP contribution < -0.4 is 10.5 Å². The van der Waals surface area contributed by atoms with Crippen LogP contribution in [0.4, 0.5) is 5.69 Å². The molecule has 0 amide bonds. The summed E-state index contributed by atoms with van der Waals surface area (Å²) in [6.45, 7) is 3.46. The first kappa shape index (κ1) is 14.7. The molecule has 5 heteroatoms. The molecule has 2 rings (SSSR count). The van der Waals surface area contributed by atoms with Crippen molar-refractivity contribution in [2.75, 3.05) is 25.6 Å². The lowest BCUT2D eigenvalue weighted by Gasteiger charge is -2.22. The van der Waals surface area contributed by atoms with Gasteiger partial charge in [0.25, 0.3) is 0 Å². The van der Waals surface area contributed by atoms with Crippen molar-refractivity contribution in [2.24, 2.45) is 0 Å². The van der Waals surface area contributed by atoms with Gasteiger partial charge < -0.3 is 19.9 Å². The van der Waals surface area contributed by atoms with Gasteiger partial charge in [0.05, 0.1) is 24.0 Å². The van der Waals surface area contributed by atoms with Crippen LogP contribution >= 0.6 is 0 Å². The van der Waals surface area contributed by atoms with Gasteiger partial charge in [-0.1, -0.05) is 0 Å². The van der Waals surface area contributed by atoms with Crippen molar-refractivity contribution in [3.63, 3.8) is 0 Å². The fourth-order valence-electron chi connectivity index (χ4n) is 2.15. The summed E-state index contributed by atoms with van der Waals surface area (Å²) < 4.78 is 16.1. The Bertz CT molecular complexity index is 455. The molecule has 110 valence electrons. The largest absolute Gasteiger partial charge is 0.492 e. The van der Waals surface area contributed by atoms with Crippen molar-refractivity contribution >= 4 is 11.7 Å². The molecule has 1 aliphatic rings. The van der Waals surface area contributed by atoms with Gasteiger partial charge in [-0.2, -0.15) is 0 Å². The summed E-state index contributed by atoms with van der Waals surface area (Å²) in [6, 6.07) is 4.92. The van der Waals surface area contributed by atoms with E-state index in [1.54, 1.807) is 18.2 Å². The van der Waals surface area contributed by atoms with Crippen molar-refractivity contribution in [3.8, 4) is 5.75 Å². The Morgan fingerprint density at radius 2 is 2.30 bits per heavy atom. The molecule has 2 N–H and O–H groups in total. The van der Waals surface area contributed by atoms with E-state index in [1.807, 2.05) is 6.92 Å². The lowest BCUT2D eigenvalue weighted by Crippen LogP contribution is -2.26. The third kappa shape index (κ3) is 3.87. The van der Waals surface area contributed by atoms with Gasteiger partial charge in [-0.05, 0) is 44.4 Å². The van der Waals surface area contributed by atoms with E-state index >= 15 is 0 Å². The fraction of sp³-hybridized carbons (Fsp3) is 0.533. The van der Waals surface area contributed by atoms with Crippen LogP contribution in [-0.2, 0) is 9.47 Å². The first-order valence-electron chi connectivity index (χ1n) is 7.01. The minimum absolute atomic E-state index is 0.0211. The molecule has 1 saturated heterocycles. The number of anilines is 1. The Labute approximate surface area is 119 Å². The molecule has 1 aromatic carbocycles. The lowest BCUT2D eigenvalue weighted by molar-refractivity contribution is -0.0300. The van der Waals surface area contributed by atoms with Gasteiger partial charge in [-0.25, -0.2) is 4.79 Å². The summed E-state index contributed by atoms with van der Waals surface area (Å²) in [5.74, 6) is 0.202. The van der Waals surface area contributed by atoms with Crippen LogP contribution in [0.15, 0.2) is 18.2 Å². The molecule has 5 nitrogen and oxygen atoms in total. The smallest absolute Gasteiger partial charge is 0.338 e. The fourth-order valence-corrected chi connectivity index (χ4v) is 2.15. The first-order valence-corrected chi connectivity index (χ1v) is 7.01. The standard InChI is InChI=1S/C15H21NO4/c1-2-18-14-7-6-11(9-13(14)16)15(17)20-10-12-5-3-4-8-19-12/h6-7,9,12H,2-5,8,10,16H2,1H3. The van der Waals surface area contributed by atoms with E-state index in [9.17, 15) is 4.79 Å². The summed E-state index contributed by atoms with van der Waals surface area (Å²) in [7, 11) is 0. The van der Waals surface area contributed by atoms with Crippen LogP contribution in [0.2, 0.25) is 0 Å². The van der Waals surface area contributed by atoms with E-state index in [0.29, 0.717) is 30.2 Å². The quantitative estimate of drug-likeness (QED) is 0.662. The van der Waals surface area contributed by atoms with E-state index in [2.05, 4.69) is 0 Å². The van der Waals surface area contributed by atoms with E-state index in [-0.39, 0.29) is 12.1 Å². The van der Waals surface area contributed by atoms with Gasteiger partial charge in [-0.15, -0.1) is 0 Å². The summed E-state index contributed by atoms with van der Waals surface area (Å²) in [5.41, 5.74) is 6.70. The average Bonchev–Trinajstić information content (AvgIpc) is 2.48. The van der Waals surface area contributed by atoms with Crippen LogP contribution in [0, 0.1) is 0 Å². The lowest BCUT2D eigenvalue weighted by atomic mass is 10.1. The molecular weight excluding hydrogens is 258 g/mol. The maximum atomic E-state index is 11.9. The number of benzene rings is 1. The number of nitrogens with two attached hydrogens (primary N) is 1. The van der Waals surface area contributed by atoms with Crippen molar-refractivity contribution < 1.29 is 19.0 Å². The summed E-state index contributed by atoms with van der Waals surface area (Å²) in [4.78, 5) is 11.9. The van der Waals surface area contributed by atoms with E-state index in [4.69, 9.17) is 19.9 Å². The second-order valence-electron chi connectivity index (χ2n) is 4.77. The van der Waals surface area contributed by atoms with Crippen LogP contribution in [0.3, 0.4) is 0 Å². The minimum Gasteiger partial charge on any atom is -0.492 e. The number of esters is 1. The molecule has 1 fully saturated rings. The molecule has 1 atom stereocenters. The van der Waals surface area contributed by atoms with Crippen LogP contribution in [0.5, 0.6) is 5.75 Å². The molecule has 0 radical (unpaired) electrons. The van der Waals surface area contributed by atoms with Crippen LogP contribution in [-0.4, -0.2) is 31.9 Å². The molecule has 1 aliphatic heterocycles. The van der Waals surface area contributed by atoms with Crippen molar-refractivity contribution in [1.82, 2.24) is 0 Å². The molecule has 1 aromatic rings. The maximum absolute atomic E-state index is 11.9. The second kappa shape index (κ2) is 7.14. The predicted octanol–water partition coefficient (Wildman–Crippen LogP) is 2.39. The molecule has 1 unspecified atom stereocenters. The normalized spacial score (nSPS) is 18.6. The predicted molar refractivity (Wildman–Crippen MR) is 75.9 cm³/mol. The van der Waals surface area contributed by atoms with Crippen LogP contribution in [0.25, 0.3) is 0 Å². The monoisotopic (exact) mass is 279 g/mol. The Hall–Kier alpha value is -1.75. The van der Waals surface area contributed by atoms with Crippen molar-refractivity contribution in [1.29, 1.82) is 0 Å². The number of carbonyl (C=O) groups excluding carboxylic acids is 1. The number of nitrogen functional groups attached to an aromatic ring is 1. The van der Waals surface area contributed by atoms with Gasteiger partial charge in [0, 0.05) is 6.61 Å².